The van der Waals surface area contributed by atoms with E-state index in [9.17, 15) is 4.79 Å². The largest absolute Gasteiger partial charge is 0.349 e. The molecule has 4 atom stereocenters. The van der Waals surface area contributed by atoms with Gasteiger partial charge >= 0.3 is 0 Å². The van der Waals surface area contributed by atoms with Crippen molar-refractivity contribution < 1.29 is 4.79 Å². The molecule has 2 aromatic heterocycles. The van der Waals surface area contributed by atoms with E-state index in [0.29, 0.717) is 17.1 Å². The number of aryl methyl sites for hydroxylation is 2. The summed E-state index contributed by atoms with van der Waals surface area (Å²) in [6, 6.07) is 2.19. The molecule has 5 heteroatoms. The second kappa shape index (κ2) is 5.32. The minimum Gasteiger partial charge on any atom is -0.349 e. The average molecular weight is 312 g/mol. The molecule has 0 aliphatic heterocycles. The highest BCUT2D eigenvalue weighted by Gasteiger charge is 2.42. The van der Waals surface area contributed by atoms with Crippen LogP contribution in [0.5, 0.6) is 0 Å². The first kappa shape index (κ1) is 14.7. The van der Waals surface area contributed by atoms with Gasteiger partial charge in [0.05, 0.1) is 6.20 Å². The number of hydrogen-bond donors (Lipinski definition) is 1. The summed E-state index contributed by atoms with van der Waals surface area (Å²) in [4.78, 5) is 17.2. The summed E-state index contributed by atoms with van der Waals surface area (Å²) in [5.74, 6) is 2.29. The van der Waals surface area contributed by atoms with E-state index >= 15 is 0 Å². The molecule has 2 bridgehead atoms. The van der Waals surface area contributed by atoms with Crippen LogP contribution in [0.15, 0.2) is 12.3 Å². The van der Waals surface area contributed by atoms with Crippen molar-refractivity contribution in [1.82, 2.24) is 19.9 Å². The van der Waals surface area contributed by atoms with Gasteiger partial charge in [-0.1, -0.05) is 6.42 Å². The zero-order valence-corrected chi connectivity index (χ0v) is 14.0. The third kappa shape index (κ3) is 2.42. The van der Waals surface area contributed by atoms with Crippen LogP contribution in [0.3, 0.4) is 0 Å². The number of amides is 1. The van der Waals surface area contributed by atoms with E-state index in [-0.39, 0.29) is 11.9 Å². The van der Waals surface area contributed by atoms with Crippen molar-refractivity contribution in [1.29, 1.82) is 0 Å². The smallest absolute Gasteiger partial charge is 0.256 e. The minimum atomic E-state index is -0.0484. The second-order valence-electron chi connectivity index (χ2n) is 7.43. The van der Waals surface area contributed by atoms with Crippen LogP contribution < -0.4 is 5.32 Å². The molecule has 0 aromatic carbocycles. The van der Waals surface area contributed by atoms with Gasteiger partial charge in [-0.3, -0.25) is 4.79 Å². The molecule has 1 N–H and O–H groups in total. The Morgan fingerprint density at radius 3 is 2.87 bits per heavy atom. The molecule has 23 heavy (non-hydrogen) atoms. The average Bonchev–Trinajstić information content (AvgIpc) is 3.21. The van der Waals surface area contributed by atoms with E-state index in [2.05, 4.69) is 22.3 Å². The molecule has 2 saturated carbocycles. The number of fused-ring (bicyclic) bond motifs is 3. The second-order valence-corrected chi connectivity index (χ2v) is 7.43. The zero-order valence-electron chi connectivity index (χ0n) is 14.0. The fourth-order valence-electron chi connectivity index (χ4n) is 4.73. The summed E-state index contributed by atoms with van der Waals surface area (Å²) in [7, 11) is 0. The van der Waals surface area contributed by atoms with Gasteiger partial charge in [0, 0.05) is 17.4 Å². The molecule has 0 unspecified atom stereocenters. The lowest BCUT2D eigenvalue weighted by molar-refractivity contribution is 0.0917. The van der Waals surface area contributed by atoms with Crippen LogP contribution in [-0.2, 0) is 0 Å². The monoisotopic (exact) mass is 312 g/mol. The fraction of sp³-hybridized carbons (Fsp3) is 0.611. The Kier molecular flexibility index (Phi) is 3.39. The molecule has 2 aliphatic rings. The fourth-order valence-corrected chi connectivity index (χ4v) is 4.73. The highest BCUT2D eigenvalue weighted by molar-refractivity contribution is 5.99. The Hall–Kier alpha value is -1.91. The summed E-state index contributed by atoms with van der Waals surface area (Å²) < 4.78 is 1.74. The van der Waals surface area contributed by atoms with Crippen molar-refractivity contribution in [3.63, 3.8) is 0 Å². The van der Waals surface area contributed by atoms with Gasteiger partial charge in [-0.05, 0) is 63.9 Å². The molecule has 2 fully saturated rings. The minimum absolute atomic E-state index is 0.0484. The maximum Gasteiger partial charge on any atom is 0.256 e. The molecule has 122 valence electrons. The predicted octanol–water partition coefficient (Wildman–Crippen LogP) is 2.90. The van der Waals surface area contributed by atoms with Crippen LogP contribution in [0, 0.1) is 31.6 Å². The van der Waals surface area contributed by atoms with E-state index in [1.54, 1.807) is 10.7 Å². The summed E-state index contributed by atoms with van der Waals surface area (Å²) in [5, 5.41) is 7.52. The molecule has 5 nitrogen and oxygen atoms in total. The summed E-state index contributed by atoms with van der Waals surface area (Å²) >= 11 is 0. The van der Waals surface area contributed by atoms with E-state index < -0.39 is 0 Å². The zero-order chi connectivity index (χ0) is 16.1. The lowest BCUT2D eigenvalue weighted by atomic mass is 9.84. The van der Waals surface area contributed by atoms with E-state index in [4.69, 9.17) is 0 Å². The Morgan fingerprint density at radius 1 is 1.35 bits per heavy atom. The Morgan fingerprint density at radius 2 is 2.17 bits per heavy atom. The van der Waals surface area contributed by atoms with Crippen LogP contribution in [0.1, 0.15) is 54.4 Å². The normalized spacial score (nSPS) is 27.5. The van der Waals surface area contributed by atoms with Gasteiger partial charge in [-0.25, -0.2) is 9.50 Å². The van der Waals surface area contributed by atoms with Gasteiger partial charge in [-0.15, -0.1) is 0 Å². The number of rotatable bonds is 3. The van der Waals surface area contributed by atoms with Crippen LogP contribution >= 0.6 is 0 Å². The standard InChI is InChI=1S/C18H24N4O/c1-10-6-11(2)22-17(20-10)16(9-19-22)18(23)21-12(3)15-8-13-4-5-14(15)7-13/h6,9,12-15H,4-5,7-8H2,1-3H3,(H,21,23)/t12-,13+,14+,15-/m1/s1. The summed E-state index contributed by atoms with van der Waals surface area (Å²) in [6.45, 7) is 6.08. The van der Waals surface area contributed by atoms with E-state index in [0.717, 1.165) is 23.2 Å². The van der Waals surface area contributed by atoms with Crippen LogP contribution in [-0.4, -0.2) is 26.5 Å². The number of nitrogens with zero attached hydrogens (tertiary/aromatic N) is 3. The molecule has 4 rings (SSSR count). The van der Waals surface area contributed by atoms with Crippen molar-refractivity contribution in [2.24, 2.45) is 17.8 Å². The third-order valence-electron chi connectivity index (χ3n) is 5.82. The third-order valence-corrected chi connectivity index (χ3v) is 5.82. The maximum atomic E-state index is 12.7. The highest BCUT2D eigenvalue weighted by Crippen LogP contribution is 2.49. The molecule has 0 radical (unpaired) electrons. The molecule has 0 saturated heterocycles. The molecular formula is C18H24N4O. The van der Waals surface area contributed by atoms with Gasteiger partial charge in [0.1, 0.15) is 5.56 Å². The number of aromatic nitrogens is 3. The molecule has 2 aromatic rings. The van der Waals surface area contributed by atoms with Gasteiger partial charge in [0.25, 0.3) is 5.91 Å². The van der Waals surface area contributed by atoms with Gasteiger partial charge in [-0.2, -0.15) is 5.10 Å². The Bertz CT molecular complexity index is 766. The number of carbonyl (C=O) groups is 1. The van der Waals surface area contributed by atoms with Crippen molar-refractivity contribution >= 4 is 11.6 Å². The quantitative estimate of drug-likeness (QED) is 0.948. The number of nitrogens with one attached hydrogen (secondary N) is 1. The highest BCUT2D eigenvalue weighted by atomic mass is 16.1. The summed E-state index contributed by atoms with van der Waals surface area (Å²) in [5.41, 5.74) is 3.13. The topological polar surface area (TPSA) is 59.3 Å². The molecule has 1 amide bonds. The van der Waals surface area contributed by atoms with Crippen molar-refractivity contribution in [3.05, 3.63) is 29.2 Å². The summed E-state index contributed by atoms with van der Waals surface area (Å²) in [6.07, 6.45) is 7.00. The van der Waals surface area contributed by atoms with E-state index in [1.807, 2.05) is 19.9 Å². The molecule has 2 aliphatic carbocycles. The molecule has 0 spiro atoms. The van der Waals surface area contributed by atoms with Gasteiger partial charge < -0.3 is 5.32 Å². The lowest BCUT2D eigenvalue weighted by Gasteiger charge is -2.28. The predicted molar refractivity (Wildman–Crippen MR) is 88.3 cm³/mol. The molecule has 2 heterocycles. The Labute approximate surface area is 136 Å². The lowest BCUT2D eigenvalue weighted by Crippen LogP contribution is -2.40. The first-order valence-electron chi connectivity index (χ1n) is 8.65. The van der Waals surface area contributed by atoms with Crippen LogP contribution in [0.25, 0.3) is 5.65 Å². The van der Waals surface area contributed by atoms with Crippen molar-refractivity contribution in [2.75, 3.05) is 0 Å². The Balaban J connectivity index is 1.55. The van der Waals surface area contributed by atoms with Crippen molar-refractivity contribution in [2.45, 2.75) is 52.5 Å². The van der Waals surface area contributed by atoms with Crippen molar-refractivity contribution in [3.8, 4) is 0 Å². The van der Waals surface area contributed by atoms with Gasteiger partial charge in [0.2, 0.25) is 0 Å². The SMILES string of the molecule is Cc1cc(C)n2ncc(C(=O)N[C@H](C)[C@H]3C[C@H]4CC[C@H]3C4)c2n1. The van der Waals surface area contributed by atoms with E-state index in [1.165, 1.54) is 25.7 Å². The van der Waals surface area contributed by atoms with Crippen LogP contribution in [0.2, 0.25) is 0 Å². The maximum absolute atomic E-state index is 12.7. The van der Waals surface area contributed by atoms with Gasteiger partial charge in [0.15, 0.2) is 5.65 Å². The number of carbonyl (C=O) groups excluding carboxylic acids is 1. The molecular weight excluding hydrogens is 288 g/mol. The first-order valence-corrected chi connectivity index (χ1v) is 8.65. The number of hydrogen-bond acceptors (Lipinski definition) is 3. The van der Waals surface area contributed by atoms with Crippen LogP contribution in [0.4, 0.5) is 0 Å². The first-order chi connectivity index (χ1) is 11.0.